The molecule has 2 amide bonds. The molecule has 0 saturated carbocycles. The number of hydrogen-bond donors (Lipinski definition) is 4. The Labute approximate surface area is 238 Å². The van der Waals surface area contributed by atoms with Gasteiger partial charge >= 0.3 is 239 Å². The zero-order valence-corrected chi connectivity index (χ0v) is 26.0. The summed E-state index contributed by atoms with van der Waals surface area (Å²) in [5.74, 6) is 0.0338. The molecular formula is C28H43IN2O8. The van der Waals surface area contributed by atoms with Crippen molar-refractivity contribution >= 4 is 37.9 Å². The molecular weight excluding hydrogens is 619 g/mol. The van der Waals surface area contributed by atoms with Crippen LogP contribution in [0.1, 0.15) is 52.5 Å². The molecule has 39 heavy (non-hydrogen) atoms. The molecule has 0 radical (unpaired) electrons. The molecule has 5 N–H and O–H groups in total. The average molecular weight is 663 g/mol. The van der Waals surface area contributed by atoms with Gasteiger partial charge in [-0.3, -0.25) is 0 Å². The van der Waals surface area contributed by atoms with Gasteiger partial charge in [0.2, 0.25) is 0 Å². The van der Waals surface area contributed by atoms with E-state index < -0.39 is 38.5 Å². The second kappa shape index (κ2) is 15.4. The van der Waals surface area contributed by atoms with Crippen molar-refractivity contribution in [2.24, 2.45) is 11.7 Å². The summed E-state index contributed by atoms with van der Waals surface area (Å²) in [4.78, 5) is 24.6. The maximum atomic E-state index is 12.9. The summed E-state index contributed by atoms with van der Waals surface area (Å²) in [7, 11) is 4.61. The van der Waals surface area contributed by atoms with Gasteiger partial charge in [0.05, 0.1) is 0 Å². The third-order valence-electron chi connectivity index (χ3n) is 6.71. The molecule has 0 spiro atoms. The van der Waals surface area contributed by atoms with Crippen molar-refractivity contribution in [3.05, 3.63) is 41.0 Å². The van der Waals surface area contributed by atoms with E-state index in [1.165, 1.54) is 20.3 Å². The van der Waals surface area contributed by atoms with Crippen LogP contribution in [0.2, 0.25) is 0 Å². The molecule has 2 rings (SSSR count). The van der Waals surface area contributed by atoms with Crippen LogP contribution in [0.3, 0.4) is 0 Å². The van der Waals surface area contributed by atoms with Crippen LogP contribution >= 0.6 is 20.2 Å². The Morgan fingerprint density at radius 3 is 2.44 bits per heavy atom. The summed E-state index contributed by atoms with van der Waals surface area (Å²) in [5.41, 5.74) is 7.77. The normalized spacial score (nSPS) is 29.4. The van der Waals surface area contributed by atoms with Gasteiger partial charge in [0.1, 0.15) is 0 Å². The Morgan fingerprint density at radius 2 is 1.85 bits per heavy atom. The number of ether oxygens (including phenoxy) is 4. The van der Waals surface area contributed by atoms with Crippen molar-refractivity contribution in [2.45, 2.75) is 73.6 Å². The molecule has 0 aromatic heterocycles. The van der Waals surface area contributed by atoms with Gasteiger partial charge in [-0.25, -0.2) is 0 Å². The van der Waals surface area contributed by atoms with Gasteiger partial charge in [-0.2, -0.15) is 0 Å². The minimum atomic E-state index is -2.69. The first-order valence-electron chi connectivity index (χ1n) is 12.9. The summed E-state index contributed by atoms with van der Waals surface area (Å²) < 4.78 is 33.1. The topological polar surface area (TPSA) is 150 Å². The Kier molecular flexibility index (Phi) is 13.0. The molecule has 1 aliphatic rings. The number of anilines is 1. The number of alkyl halides is 2. The third kappa shape index (κ3) is 9.37. The molecule has 1 aromatic rings. The van der Waals surface area contributed by atoms with Crippen LogP contribution in [0.4, 0.5) is 10.5 Å². The van der Waals surface area contributed by atoms with E-state index in [1.54, 1.807) is 26.2 Å². The van der Waals surface area contributed by atoms with Gasteiger partial charge in [0.15, 0.2) is 0 Å². The average Bonchev–Trinajstić information content (AvgIpc) is 2.87. The van der Waals surface area contributed by atoms with Crippen LogP contribution < -0.4 is 15.8 Å². The fraction of sp³-hybridized carbons (Fsp3) is 0.571. The number of fused-ring (bicyclic) bond motifs is 2. The summed E-state index contributed by atoms with van der Waals surface area (Å²) in [6.07, 6.45) is 3.55. The van der Waals surface area contributed by atoms with E-state index in [0.29, 0.717) is 42.7 Å². The number of carbonyl (C=O) groups excluding carboxylic acids is 2. The number of halogens is 1. The molecule has 220 valence electrons. The number of rotatable bonds is 4. The zero-order valence-electron chi connectivity index (χ0n) is 23.8. The number of nitrogens with one attached hydrogen (secondary N) is 1. The molecule has 1 aliphatic heterocycles. The molecule has 0 saturated heterocycles. The summed E-state index contributed by atoms with van der Waals surface area (Å²) >= 11 is -2.69. The van der Waals surface area contributed by atoms with E-state index in [4.69, 9.17) is 24.7 Å². The Hall–Kier alpha value is -2.35. The van der Waals surface area contributed by atoms with Crippen LogP contribution in [-0.2, 0) is 25.4 Å². The Balaban J connectivity index is 2.53. The molecule has 0 fully saturated rings. The summed E-state index contributed by atoms with van der Waals surface area (Å²) in [6.45, 7) is 7.50. The monoisotopic (exact) mass is 662 g/mol. The third-order valence-corrected chi connectivity index (χ3v) is 11.5. The van der Waals surface area contributed by atoms with E-state index >= 15 is 0 Å². The number of benzene rings is 1. The molecule has 2 bridgehead atoms. The first kappa shape index (κ1) is 32.9. The SMILES string of the molecule is COc1c(O)cc2cc1C[C@@H](C)C[C@H](OC)I(O)[C@@H](C)/C=C(\C)[C@H](OC(N)=O)[C@@H](OC)CC/C=C(\C)C(=O)N2. The number of methoxy groups -OCH3 is 3. The van der Waals surface area contributed by atoms with E-state index in [1.807, 2.05) is 26.8 Å². The number of carbonyl (C=O) groups is 2. The molecule has 10 nitrogen and oxygen atoms in total. The number of nitrogens with two attached hydrogens (primary N) is 1. The van der Waals surface area contributed by atoms with Gasteiger partial charge in [-0.1, -0.05) is 0 Å². The Morgan fingerprint density at radius 1 is 1.15 bits per heavy atom. The van der Waals surface area contributed by atoms with Crippen LogP contribution in [0.25, 0.3) is 0 Å². The first-order valence-corrected chi connectivity index (χ1v) is 16.3. The molecule has 0 unspecified atom stereocenters. The van der Waals surface area contributed by atoms with Gasteiger partial charge in [0.25, 0.3) is 0 Å². The van der Waals surface area contributed by atoms with Crippen LogP contribution in [0, 0.1) is 5.92 Å². The van der Waals surface area contributed by atoms with Crippen molar-refractivity contribution < 1.29 is 37.1 Å². The molecule has 1 heterocycles. The second-order valence-corrected chi connectivity index (χ2v) is 15.0. The number of phenols is 1. The predicted molar refractivity (Wildman–Crippen MR) is 159 cm³/mol. The molecule has 11 heteroatoms. The van der Waals surface area contributed by atoms with E-state index in [2.05, 4.69) is 5.32 Å². The molecule has 5 atom stereocenters. The number of phenolic OH excluding ortho intramolecular Hbond substituents is 1. The van der Waals surface area contributed by atoms with Gasteiger partial charge in [0, 0.05) is 0 Å². The number of aromatic hydroxyl groups is 1. The van der Waals surface area contributed by atoms with Crippen molar-refractivity contribution in [1.82, 2.24) is 0 Å². The van der Waals surface area contributed by atoms with Gasteiger partial charge in [-0.15, -0.1) is 0 Å². The van der Waals surface area contributed by atoms with Gasteiger partial charge < -0.3 is 0 Å². The van der Waals surface area contributed by atoms with Crippen molar-refractivity contribution in [3.8, 4) is 11.5 Å². The van der Waals surface area contributed by atoms with Crippen LogP contribution in [0.15, 0.2) is 35.4 Å². The first-order chi connectivity index (χ1) is 18.4. The van der Waals surface area contributed by atoms with Crippen molar-refractivity contribution in [3.63, 3.8) is 0 Å². The number of primary amides is 1. The van der Waals surface area contributed by atoms with Crippen LogP contribution in [-0.4, -0.2) is 62.1 Å². The summed E-state index contributed by atoms with van der Waals surface area (Å²) in [6, 6.07) is 3.26. The van der Waals surface area contributed by atoms with Crippen molar-refractivity contribution in [2.75, 3.05) is 26.6 Å². The maximum absolute atomic E-state index is 12.9. The van der Waals surface area contributed by atoms with E-state index in [0.717, 1.165) is 11.1 Å². The minimum absolute atomic E-state index is 0.0611. The predicted octanol–water partition coefficient (Wildman–Crippen LogP) is 4.85. The second-order valence-electron chi connectivity index (χ2n) is 9.84. The number of allylic oxidation sites excluding steroid dienone is 2. The molecule has 1 aromatic carbocycles. The Bertz CT molecular complexity index is 1060. The van der Waals surface area contributed by atoms with Crippen molar-refractivity contribution in [1.29, 1.82) is 0 Å². The fourth-order valence-corrected chi connectivity index (χ4v) is 8.81. The molecule has 0 aliphatic carbocycles. The van der Waals surface area contributed by atoms with Gasteiger partial charge in [-0.05, 0) is 0 Å². The van der Waals surface area contributed by atoms with Crippen LogP contribution in [0.5, 0.6) is 11.5 Å². The standard InChI is InChI=1S/C28H43IN2O8/c1-16-11-20-14-21(15-22(32)26(20)38-7)31-27(33)17(2)9-8-10-23(36-5)25(39-28(30)34)18(3)13-19(4)29(35)24(12-16)37-6/h9,13-16,19,23-25,32,35H,8,10-12H2,1-7H3,(H2,30,34)(H,31,33)/b17-9+,18-13+/t16-,19+,23+,24+,25+/m1/s1. The summed E-state index contributed by atoms with van der Waals surface area (Å²) in [5, 5.41) is 13.4. The fourth-order valence-electron chi connectivity index (χ4n) is 4.70. The quantitative estimate of drug-likeness (QED) is 0.203. The number of amides is 2. The van der Waals surface area contributed by atoms with E-state index in [9.17, 15) is 18.1 Å². The number of hydrogen-bond acceptors (Lipinski definition) is 8. The zero-order chi connectivity index (χ0) is 29.3. The van der Waals surface area contributed by atoms with E-state index in [-0.39, 0.29) is 25.6 Å².